The molecule has 2 aliphatic heterocycles. The number of cyclic esters (lactones) is 1. The molecule has 0 aromatic heterocycles. The number of anilines is 3. The number of thioether (sulfide) groups is 1. The number of rotatable bonds is 6. The zero-order valence-electron chi connectivity index (χ0n) is 16.5. The van der Waals surface area contributed by atoms with Crippen LogP contribution in [0.25, 0.3) is 0 Å². The molecule has 2 aromatic rings. The van der Waals surface area contributed by atoms with Crippen LogP contribution in [0.3, 0.4) is 0 Å². The average molecular weight is 461 g/mol. The zero-order chi connectivity index (χ0) is 22.0. The van der Waals surface area contributed by atoms with E-state index >= 15 is 0 Å². The van der Waals surface area contributed by atoms with E-state index in [2.05, 4.69) is 10.6 Å². The van der Waals surface area contributed by atoms with Gasteiger partial charge in [-0.2, -0.15) is 0 Å². The first-order valence-corrected chi connectivity index (χ1v) is 11.1. The standard InChI is InChI=1S/C21H21ClN4O4S/c22-12-3-5-16(23)15(8-12)20(28)24-7-1-2-14-10-26(21(29)30-14)13-4-6-18-17(9-13)25-19(27)11-31-18/h3-6,8-9,14H,1-2,7,10-11,23H2,(H,24,28)(H,25,27)/t14-/m1/s1. The van der Waals surface area contributed by atoms with Gasteiger partial charge in [0.15, 0.2) is 0 Å². The van der Waals surface area contributed by atoms with Crippen LogP contribution in [0.2, 0.25) is 5.02 Å². The fraction of sp³-hybridized carbons (Fsp3) is 0.286. The second-order valence-corrected chi connectivity index (χ2v) is 8.72. The molecule has 4 N–H and O–H groups in total. The van der Waals surface area contributed by atoms with E-state index in [1.807, 2.05) is 12.1 Å². The Balaban J connectivity index is 1.28. The number of nitrogen functional groups attached to an aromatic ring is 1. The van der Waals surface area contributed by atoms with Gasteiger partial charge < -0.3 is 21.1 Å². The monoisotopic (exact) mass is 460 g/mol. The Kier molecular flexibility index (Phi) is 6.24. The highest BCUT2D eigenvalue weighted by atomic mass is 35.5. The summed E-state index contributed by atoms with van der Waals surface area (Å²) in [6, 6.07) is 10.3. The Morgan fingerprint density at radius 3 is 2.97 bits per heavy atom. The number of hydrogen-bond acceptors (Lipinski definition) is 6. The molecule has 2 aliphatic rings. The number of hydrogen-bond donors (Lipinski definition) is 3. The van der Waals surface area contributed by atoms with E-state index in [1.165, 1.54) is 17.8 Å². The summed E-state index contributed by atoms with van der Waals surface area (Å²) in [7, 11) is 0. The lowest BCUT2D eigenvalue weighted by Crippen LogP contribution is -2.27. The molecule has 3 amide bonds. The number of carbonyl (C=O) groups excluding carboxylic acids is 3. The van der Waals surface area contributed by atoms with Crippen LogP contribution >= 0.6 is 23.4 Å². The highest BCUT2D eigenvalue weighted by molar-refractivity contribution is 8.00. The fourth-order valence-electron chi connectivity index (χ4n) is 3.47. The summed E-state index contributed by atoms with van der Waals surface area (Å²) in [4.78, 5) is 38.7. The van der Waals surface area contributed by atoms with E-state index in [1.54, 1.807) is 23.1 Å². The Labute approximate surface area is 188 Å². The summed E-state index contributed by atoms with van der Waals surface area (Å²) < 4.78 is 5.46. The number of halogens is 1. The summed E-state index contributed by atoms with van der Waals surface area (Å²) in [5, 5.41) is 6.08. The van der Waals surface area contributed by atoms with Crippen molar-refractivity contribution in [2.24, 2.45) is 0 Å². The number of amides is 3. The largest absolute Gasteiger partial charge is 0.444 e. The van der Waals surface area contributed by atoms with E-state index in [4.69, 9.17) is 22.1 Å². The minimum Gasteiger partial charge on any atom is -0.444 e. The molecule has 8 nitrogen and oxygen atoms in total. The van der Waals surface area contributed by atoms with Gasteiger partial charge in [-0.3, -0.25) is 14.5 Å². The maximum Gasteiger partial charge on any atom is 0.414 e. The fourth-order valence-corrected chi connectivity index (χ4v) is 4.43. The zero-order valence-corrected chi connectivity index (χ0v) is 18.1. The van der Waals surface area contributed by atoms with Gasteiger partial charge in [-0.05, 0) is 49.2 Å². The molecule has 0 radical (unpaired) electrons. The summed E-state index contributed by atoms with van der Waals surface area (Å²) in [5.74, 6) is 0.0396. The molecule has 0 aliphatic carbocycles. The van der Waals surface area contributed by atoms with Crippen LogP contribution in [0.15, 0.2) is 41.3 Å². The van der Waals surface area contributed by atoms with Crippen LogP contribution in [0.5, 0.6) is 0 Å². The summed E-state index contributed by atoms with van der Waals surface area (Å²) in [5.41, 5.74) is 7.91. The van der Waals surface area contributed by atoms with Crippen LogP contribution in [0.4, 0.5) is 21.9 Å². The smallest absolute Gasteiger partial charge is 0.414 e. The van der Waals surface area contributed by atoms with Crippen molar-refractivity contribution in [2.75, 3.05) is 34.8 Å². The summed E-state index contributed by atoms with van der Waals surface area (Å²) >= 11 is 7.39. The van der Waals surface area contributed by atoms with Crippen LogP contribution < -0.4 is 21.3 Å². The lowest BCUT2D eigenvalue weighted by atomic mass is 10.1. The SMILES string of the molecule is Nc1ccc(Cl)cc1C(=O)NCCC[C@@H]1CN(c2ccc3c(c2)NC(=O)CS3)C(=O)O1. The quantitative estimate of drug-likeness (QED) is 0.449. The number of carbonyl (C=O) groups is 3. The van der Waals surface area contributed by atoms with Crippen molar-refractivity contribution in [3.63, 3.8) is 0 Å². The molecule has 162 valence electrons. The van der Waals surface area contributed by atoms with Gasteiger partial charge in [-0.25, -0.2) is 4.79 Å². The predicted octanol–water partition coefficient (Wildman–Crippen LogP) is 3.50. The van der Waals surface area contributed by atoms with Crippen LogP contribution in [-0.4, -0.2) is 42.9 Å². The highest BCUT2D eigenvalue weighted by Crippen LogP contribution is 2.35. The maximum atomic E-state index is 12.3. The number of nitrogens with zero attached hydrogens (tertiary/aromatic N) is 1. The lowest BCUT2D eigenvalue weighted by molar-refractivity contribution is -0.113. The van der Waals surface area contributed by atoms with E-state index in [9.17, 15) is 14.4 Å². The average Bonchev–Trinajstić information content (AvgIpc) is 3.12. The molecular weight excluding hydrogens is 440 g/mol. The molecule has 1 atom stereocenters. The molecule has 4 rings (SSSR count). The molecule has 0 bridgehead atoms. The molecular formula is C21H21ClN4O4S. The van der Waals surface area contributed by atoms with Crippen LogP contribution in [0, 0.1) is 0 Å². The second kappa shape index (κ2) is 9.07. The maximum absolute atomic E-state index is 12.3. The van der Waals surface area contributed by atoms with E-state index in [0.717, 1.165) is 4.90 Å². The van der Waals surface area contributed by atoms with Crippen LogP contribution in [0.1, 0.15) is 23.2 Å². The van der Waals surface area contributed by atoms with Crippen LogP contribution in [-0.2, 0) is 9.53 Å². The number of benzene rings is 2. The van der Waals surface area contributed by atoms with Crippen molar-refractivity contribution < 1.29 is 19.1 Å². The normalized spacial score (nSPS) is 17.7. The third kappa shape index (κ3) is 4.88. The molecule has 2 heterocycles. The molecule has 31 heavy (non-hydrogen) atoms. The molecule has 0 saturated carbocycles. The molecule has 10 heteroatoms. The van der Waals surface area contributed by atoms with Gasteiger partial charge in [0.1, 0.15) is 6.10 Å². The topological polar surface area (TPSA) is 114 Å². The van der Waals surface area contributed by atoms with Gasteiger partial charge in [-0.15, -0.1) is 11.8 Å². The van der Waals surface area contributed by atoms with Crippen molar-refractivity contribution in [2.45, 2.75) is 23.8 Å². The second-order valence-electron chi connectivity index (χ2n) is 7.26. The third-order valence-electron chi connectivity index (χ3n) is 5.03. The van der Waals surface area contributed by atoms with Gasteiger partial charge in [0.25, 0.3) is 5.91 Å². The number of fused-ring (bicyclic) bond motifs is 1. The Hall–Kier alpha value is -2.91. The van der Waals surface area contributed by atoms with Crippen molar-refractivity contribution in [1.29, 1.82) is 0 Å². The molecule has 0 unspecified atom stereocenters. The molecule has 1 saturated heterocycles. The summed E-state index contributed by atoms with van der Waals surface area (Å²) in [6.45, 7) is 0.828. The molecule has 1 fully saturated rings. The van der Waals surface area contributed by atoms with E-state index in [-0.39, 0.29) is 17.9 Å². The van der Waals surface area contributed by atoms with Gasteiger partial charge in [0, 0.05) is 27.8 Å². The molecule has 2 aromatic carbocycles. The molecule has 0 spiro atoms. The predicted molar refractivity (Wildman–Crippen MR) is 121 cm³/mol. The highest BCUT2D eigenvalue weighted by Gasteiger charge is 2.32. The van der Waals surface area contributed by atoms with Gasteiger partial charge in [0.05, 0.1) is 23.5 Å². The number of ether oxygens (including phenoxy) is 1. The summed E-state index contributed by atoms with van der Waals surface area (Å²) in [6.07, 6.45) is 0.538. The van der Waals surface area contributed by atoms with Gasteiger partial charge >= 0.3 is 6.09 Å². The minimum atomic E-state index is -0.421. The number of nitrogens with one attached hydrogen (secondary N) is 2. The Morgan fingerprint density at radius 1 is 1.29 bits per heavy atom. The minimum absolute atomic E-state index is 0.0573. The number of nitrogens with two attached hydrogens (primary N) is 1. The van der Waals surface area contributed by atoms with E-state index < -0.39 is 6.09 Å². The van der Waals surface area contributed by atoms with Gasteiger partial charge in [0.2, 0.25) is 5.91 Å². The van der Waals surface area contributed by atoms with Crippen molar-refractivity contribution in [1.82, 2.24) is 5.32 Å². The Bertz CT molecular complexity index is 1050. The van der Waals surface area contributed by atoms with Gasteiger partial charge in [-0.1, -0.05) is 11.6 Å². The first-order valence-electron chi connectivity index (χ1n) is 9.79. The van der Waals surface area contributed by atoms with Crippen molar-refractivity contribution >= 4 is 58.3 Å². The first-order chi connectivity index (χ1) is 14.9. The van der Waals surface area contributed by atoms with E-state index in [0.29, 0.717) is 59.3 Å². The van der Waals surface area contributed by atoms with Crippen molar-refractivity contribution in [3.8, 4) is 0 Å². The lowest BCUT2D eigenvalue weighted by Gasteiger charge is -2.20. The Morgan fingerprint density at radius 2 is 2.13 bits per heavy atom. The van der Waals surface area contributed by atoms with Crippen molar-refractivity contribution in [3.05, 3.63) is 47.0 Å². The first kappa shape index (κ1) is 21.3. The third-order valence-corrected chi connectivity index (χ3v) is 6.34.